The minimum atomic E-state index is -0.838. The molecule has 18 heavy (non-hydrogen) atoms. The van der Waals surface area contributed by atoms with Crippen molar-refractivity contribution in [2.24, 2.45) is 0 Å². The van der Waals surface area contributed by atoms with Crippen LogP contribution in [-0.4, -0.2) is 35.2 Å². The molecule has 0 saturated carbocycles. The first kappa shape index (κ1) is 11.5. The number of carboxylic acid groups (broad SMARTS) is 1. The summed E-state index contributed by atoms with van der Waals surface area (Å²) in [5, 5.41) is 9.41. The molecule has 1 unspecified atom stereocenters. The highest BCUT2D eigenvalue weighted by molar-refractivity contribution is 5.87. The summed E-state index contributed by atoms with van der Waals surface area (Å²) in [5.41, 5.74) is 1.99. The Morgan fingerprint density at radius 1 is 1.28 bits per heavy atom. The van der Waals surface area contributed by atoms with Crippen LogP contribution < -0.4 is 4.90 Å². The number of carbonyl (C=O) groups is 1. The van der Waals surface area contributed by atoms with Crippen LogP contribution in [0.25, 0.3) is 0 Å². The number of para-hydroxylation sites is 1. The molecule has 1 amide bonds. The molecule has 2 heterocycles. The zero-order valence-corrected chi connectivity index (χ0v) is 10.4. The zero-order valence-electron chi connectivity index (χ0n) is 10.4. The lowest BCUT2D eigenvalue weighted by molar-refractivity contribution is 0.145. The third-order valence-electron chi connectivity index (χ3n) is 4.03. The number of amides is 1. The van der Waals surface area contributed by atoms with Gasteiger partial charge in [0.2, 0.25) is 0 Å². The number of anilines is 1. The van der Waals surface area contributed by atoms with Crippen LogP contribution >= 0.6 is 0 Å². The molecule has 0 aromatic heterocycles. The molecule has 0 bridgehead atoms. The molecular formula is C14H18N2O2. The van der Waals surface area contributed by atoms with E-state index in [2.05, 4.69) is 4.90 Å². The summed E-state index contributed by atoms with van der Waals surface area (Å²) in [7, 11) is 0. The van der Waals surface area contributed by atoms with Crippen molar-refractivity contribution in [2.75, 3.05) is 18.0 Å². The molecule has 0 radical (unpaired) electrons. The Morgan fingerprint density at radius 3 is 2.94 bits per heavy atom. The molecule has 2 aliphatic rings. The molecule has 0 aliphatic carbocycles. The second kappa shape index (κ2) is 4.61. The lowest BCUT2D eigenvalue weighted by atomic mass is 10.0. The van der Waals surface area contributed by atoms with Crippen LogP contribution in [-0.2, 0) is 6.54 Å². The number of piperidine rings is 1. The first-order valence-electron chi connectivity index (χ1n) is 6.58. The van der Waals surface area contributed by atoms with Crippen molar-refractivity contribution in [1.29, 1.82) is 0 Å². The smallest absolute Gasteiger partial charge is 0.411 e. The van der Waals surface area contributed by atoms with E-state index >= 15 is 0 Å². The average molecular weight is 246 g/mol. The number of rotatable bonds is 0. The summed E-state index contributed by atoms with van der Waals surface area (Å²) in [5.74, 6) is 0. The largest absolute Gasteiger partial charge is 0.465 e. The number of hydrogen-bond acceptors (Lipinski definition) is 2. The first-order chi connectivity index (χ1) is 8.75. The van der Waals surface area contributed by atoms with Gasteiger partial charge in [0.05, 0.1) is 5.69 Å². The van der Waals surface area contributed by atoms with Crippen molar-refractivity contribution in [3.05, 3.63) is 29.8 Å². The Hall–Kier alpha value is -1.55. The van der Waals surface area contributed by atoms with Gasteiger partial charge in [-0.25, -0.2) is 4.79 Å². The van der Waals surface area contributed by atoms with E-state index < -0.39 is 6.09 Å². The fraction of sp³-hybridized carbons (Fsp3) is 0.500. The van der Waals surface area contributed by atoms with Crippen LogP contribution in [0.5, 0.6) is 0 Å². The van der Waals surface area contributed by atoms with Gasteiger partial charge in [-0.05, 0) is 31.0 Å². The van der Waals surface area contributed by atoms with Gasteiger partial charge in [0.25, 0.3) is 0 Å². The fourth-order valence-corrected chi connectivity index (χ4v) is 3.09. The summed E-state index contributed by atoms with van der Waals surface area (Å²) in [6.07, 6.45) is 2.71. The molecular weight excluding hydrogens is 228 g/mol. The van der Waals surface area contributed by atoms with Crippen molar-refractivity contribution in [2.45, 2.75) is 31.8 Å². The molecule has 2 aliphatic heterocycles. The quantitative estimate of drug-likeness (QED) is 0.765. The van der Waals surface area contributed by atoms with Crippen molar-refractivity contribution in [3.63, 3.8) is 0 Å². The molecule has 1 saturated heterocycles. The highest BCUT2D eigenvalue weighted by Crippen LogP contribution is 2.30. The van der Waals surface area contributed by atoms with Crippen molar-refractivity contribution in [3.8, 4) is 0 Å². The molecule has 1 atom stereocenters. The Labute approximate surface area is 107 Å². The summed E-state index contributed by atoms with van der Waals surface area (Å²) < 4.78 is 0. The minimum Gasteiger partial charge on any atom is -0.465 e. The van der Waals surface area contributed by atoms with Crippen LogP contribution in [0, 0.1) is 0 Å². The molecule has 0 spiro atoms. The van der Waals surface area contributed by atoms with Crippen LogP contribution in [0.1, 0.15) is 24.8 Å². The standard InChI is InChI=1S/C14H18N2O2/c17-14(18)16-10-12-6-3-4-8-15(12)9-11-5-1-2-7-13(11)16/h1-2,5,7,12H,3-4,6,8-10H2,(H,17,18). The second-order valence-electron chi connectivity index (χ2n) is 5.14. The number of nitrogens with zero attached hydrogens (tertiary/aromatic N) is 2. The third kappa shape index (κ3) is 1.97. The molecule has 1 aromatic rings. The third-order valence-corrected chi connectivity index (χ3v) is 4.03. The van der Waals surface area contributed by atoms with E-state index in [-0.39, 0.29) is 0 Å². The maximum Gasteiger partial charge on any atom is 0.411 e. The zero-order chi connectivity index (χ0) is 12.5. The second-order valence-corrected chi connectivity index (χ2v) is 5.14. The van der Waals surface area contributed by atoms with E-state index in [0.29, 0.717) is 12.6 Å². The van der Waals surface area contributed by atoms with Crippen LogP contribution in [0.2, 0.25) is 0 Å². The van der Waals surface area contributed by atoms with Gasteiger partial charge in [0.1, 0.15) is 0 Å². The van der Waals surface area contributed by atoms with E-state index in [0.717, 1.165) is 30.8 Å². The van der Waals surface area contributed by atoms with Gasteiger partial charge in [0, 0.05) is 19.1 Å². The van der Waals surface area contributed by atoms with E-state index in [1.54, 1.807) is 0 Å². The lowest BCUT2D eigenvalue weighted by Gasteiger charge is -2.34. The molecule has 3 rings (SSSR count). The predicted molar refractivity (Wildman–Crippen MR) is 69.9 cm³/mol. The highest BCUT2D eigenvalue weighted by atomic mass is 16.4. The monoisotopic (exact) mass is 246 g/mol. The van der Waals surface area contributed by atoms with Crippen molar-refractivity contribution < 1.29 is 9.90 Å². The maximum atomic E-state index is 11.5. The SMILES string of the molecule is O=C(O)N1CC2CCCCN2Cc2ccccc21. The molecule has 1 N–H and O–H groups in total. The summed E-state index contributed by atoms with van der Waals surface area (Å²) in [6, 6.07) is 8.24. The van der Waals surface area contributed by atoms with Gasteiger partial charge in [-0.3, -0.25) is 9.80 Å². The Morgan fingerprint density at radius 2 is 2.11 bits per heavy atom. The van der Waals surface area contributed by atoms with Gasteiger partial charge in [-0.1, -0.05) is 24.6 Å². The van der Waals surface area contributed by atoms with Crippen molar-refractivity contribution in [1.82, 2.24) is 4.90 Å². The molecule has 4 heteroatoms. The number of hydrogen-bond donors (Lipinski definition) is 1. The van der Waals surface area contributed by atoms with Gasteiger partial charge in [-0.2, -0.15) is 0 Å². The highest BCUT2D eigenvalue weighted by Gasteiger charge is 2.31. The summed E-state index contributed by atoms with van der Waals surface area (Å²) in [6.45, 7) is 2.57. The summed E-state index contributed by atoms with van der Waals surface area (Å²) in [4.78, 5) is 15.4. The fourth-order valence-electron chi connectivity index (χ4n) is 3.09. The van der Waals surface area contributed by atoms with Gasteiger partial charge in [-0.15, -0.1) is 0 Å². The predicted octanol–water partition coefficient (Wildman–Crippen LogP) is 2.54. The van der Waals surface area contributed by atoms with Gasteiger partial charge in [0.15, 0.2) is 0 Å². The van der Waals surface area contributed by atoms with Crippen LogP contribution in [0.3, 0.4) is 0 Å². The Balaban J connectivity index is 1.99. The Kier molecular flexibility index (Phi) is 2.96. The molecule has 96 valence electrons. The van der Waals surface area contributed by atoms with E-state index in [1.165, 1.54) is 17.7 Å². The van der Waals surface area contributed by atoms with E-state index in [9.17, 15) is 9.90 Å². The van der Waals surface area contributed by atoms with Gasteiger partial charge >= 0.3 is 6.09 Å². The average Bonchev–Trinajstić information content (AvgIpc) is 2.55. The van der Waals surface area contributed by atoms with Crippen LogP contribution in [0.4, 0.5) is 10.5 Å². The first-order valence-corrected chi connectivity index (χ1v) is 6.58. The van der Waals surface area contributed by atoms with E-state index in [4.69, 9.17) is 0 Å². The lowest BCUT2D eigenvalue weighted by Crippen LogP contribution is -2.45. The number of fused-ring (bicyclic) bond motifs is 2. The number of benzene rings is 1. The van der Waals surface area contributed by atoms with Crippen LogP contribution in [0.15, 0.2) is 24.3 Å². The normalized spacial score (nSPS) is 24.0. The van der Waals surface area contributed by atoms with E-state index in [1.807, 2.05) is 24.3 Å². The molecule has 1 fully saturated rings. The summed E-state index contributed by atoms with van der Waals surface area (Å²) >= 11 is 0. The minimum absolute atomic E-state index is 0.377. The molecule has 1 aromatic carbocycles. The van der Waals surface area contributed by atoms with Crippen molar-refractivity contribution >= 4 is 11.8 Å². The topological polar surface area (TPSA) is 43.8 Å². The maximum absolute atomic E-state index is 11.5. The van der Waals surface area contributed by atoms with Gasteiger partial charge < -0.3 is 5.11 Å². The Bertz CT molecular complexity index is 461. The molecule has 4 nitrogen and oxygen atoms in total.